The maximum absolute atomic E-state index is 13.5. The molecule has 0 aliphatic heterocycles. The van der Waals surface area contributed by atoms with Crippen molar-refractivity contribution in [1.29, 1.82) is 0 Å². The van der Waals surface area contributed by atoms with Gasteiger partial charge in [0.05, 0.1) is 6.26 Å². The van der Waals surface area contributed by atoms with E-state index in [2.05, 4.69) is 5.32 Å². The first-order valence-corrected chi connectivity index (χ1v) is 6.48. The molecule has 4 heteroatoms. The van der Waals surface area contributed by atoms with Gasteiger partial charge in [0.15, 0.2) is 0 Å². The first-order chi connectivity index (χ1) is 9.25. The number of fused-ring (bicyclic) bond motifs is 1. The molecule has 1 aliphatic carbocycles. The number of aryl methyl sites for hydroxylation is 1. The zero-order valence-corrected chi connectivity index (χ0v) is 10.5. The summed E-state index contributed by atoms with van der Waals surface area (Å²) in [4.78, 5) is 0. The normalized spacial score (nSPS) is 18.3. The smallest absolute Gasteiger partial charge is 0.130 e. The fraction of sp³-hybridized carbons (Fsp3) is 0.333. The van der Waals surface area contributed by atoms with E-state index in [0.717, 1.165) is 30.6 Å². The Morgan fingerprint density at radius 1 is 1.21 bits per heavy atom. The molecule has 0 spiro atoms. The van der Waals surface area contributed by atoms with Crippen molar-refractivity contribution in [2.75, 3.05) is 0 Å². The summed E-state index contributed by atoms with van der Waals surface area (Å²) >= 11 is 0. The third-order valence-electron chi connectivity index (χ3n) is 3.64. The van der Waals surface area contributed by atoms with Crippen molar-refractivity contribution in [1.82, 2.24) is 5.32 Å². The molecule has 1 aromatic heterocycles. The predicted octanol–water partition coefficient (Wildman–Crippen LogP) is 3.73. The average molecular weight is 263 g/mol. The summed E-state index contributed by atoms with van der Waals surface area (Å²) < 4.78 is 32.5. The Balaban J connectivity index is 1.74. The quantitative estimate of drug-likeness (QED) is 0.912. The molecule has 1 aliphatic rings. The first kappa shape index (κ1) is 12.4. The van der Waals surface area contributed by atoms with Crippen molar-refractivity contribution in [2.45, 2.75) is 31.8 Å². The number of nitrogens with one attached hydrogen (secondary N) is 1. The minimum absolute atomic E-state index is 0.0955. The second-order valence-electron chi connectivity index (χ2n) is 4.83. The molecule has 1 aromatic carbocycles. The van der Waals surface area contributed by atoms with E-state index in [0.29, 0.717) is 0 Å². The van der Waals surface area contributed by atoms with Gasteiger partial charge in [-0.1, -0.05) is 6.07 Å². The summed E-state index contributed by atoms with van der Waals surface area (Å²) in [6, 6.07) is 5.99. The summed E-state index contributed by atoms with van der Waals surface area (Å²) in [6.07, 6.45) is 4.60. The maximum atomic E-state index is 13.5. The van der Waals surface area contributed by atoms with Gasteiger partial charge in [-0.15, -0.1) is 0 Å². The lowest BCUT2D eigenvalue weighted by molar-refractivity contribution is 0.404. The average Bonchev–Trinajstić information content (AvgIpc) is 2.87. The van der Waals surface area contributed by atoms with Crippen LogP contribution in [0.25, 0.3) is 0 Å². The van der Waals surface area contributed by atoms with Gasteiger partial charge < -0.3 is 9.73 Å². The van der Waals surface area contributed by atoms with Crippen LogP contribution in [0.1, 0.15) is 35.8 Å². The molecule has 1 N–H and O–H groups in total. The summed E-state index contributed by atoms with van der Waals surface area (Å²) in [6.45, 7) is 0.188. The lowest BCUT2D eigenvalue weighted by atomic mass is 9.93. The number of furan rings is 1. The Morgan fingerprint density at radius 3 is 2.79 bits per heavy atom. The monoisotopic (exact) mass is 263 g/mol. The third-order valence-corrected chi connectivity index (χ3v) is 3.64. The minimum atomic E-state index is -0.504. The van der Waals surface area contributed by atoms with Crippen LogP contribution in [0.15, 0.2) is 34.9 Å². The fourth-order valence-electron chi connectivity index (χ4n) is 2.62. The molecule has 0 fully saturated rings. The van der Waals surface area contributed by atoms with E-state index in [-0.39, 0.29) is 18.2 Å². The lowest BCUT2D eigenvalue weighted by Gasteiger charge is -2.23. The van der Waals surface area contributed by atoms with Crippen LogP contribution >= 0.6 is 0 Å². The number of hydrogen-bond acceptors (Lipinski definition) is 2. The summed E-state index contributed by atoms with van der Waals surface area (Å²) in [5.41, 5.74) is 1.21. The Bertz CT molecular complexity index is 559. The van der Waals surface area contributed by atoms with E-state index in [1.165, 1.54) is 18.2 Å². The number of benzene rings is 1. The largest absolute Gasteiger partial charge is 0.469 e. The van der Waals surface area contributed by atoms with Crippen LogP contribution in [0.4, 0.5) is 8.78 Å². The standard InChI is InChI=1S/C15H15F2NO/c16-12-3-1-4-13(17)11(12)9-18-14-5-2-6-15-10(14)7-8-19-15/h1,3-4,7-8,14,18H,2,5-6,9H2. The Morgan fingerprint density at radius 2 is 2.00 bits per heavy atom. The summed E-state index contributed by atoms with van der Waals surface area (Å²) in [5.74, 6) is -0.0239. The molecular weight excluding hydrogens is 248 g/mol. The van der Waals surface area contributed by atoms with Gasteiger partial charge in [0.1, 0.15) is 17.4 Å². The van der Waals surface area contributed by atoms with Crippen molar-refractivity contribution in [3.63, 3.8) is 0 Å². The van der Waals surface area contributed by atoms with E-state index in [1.807, 2.05) is 6.07 Å². The maximum Gasteiger partial charge on any atom is 0.130 e. The molecule has 3 rings (SSSR count). The molecule has 0 amide bonds. The highest BCUT2D eigenvalue weighted by molar-refractivity contribution is 5.25. The van der Waals surface area contributed by atoms with E-state index in [1.54, 1.807) is 6.26 Å². The second-order valence-corrected chi connectivity index (χ2v) is 4.83. The van der Waals surface area contributed by atoms with Crippen LogP contribution in [-0.2, 0) is 13.0 Å². The molecule has 2 aromatic rings. The highest BCUT2D eigenvalue weighted by Gasteiger charge is 2.22. The summed E-state index contributed by atoms with van der Waals surface area (Å²) in [5, 5.41) is 3.22. The summed E-state index contributed by atoms with van der Waals surface area (Å²) in [7, 11) is 0. The molecule has 19 heavy (non-hydrogen) atoms. The van der Waals surface area contributed by atoms with Crippen molar-refractivity contribution in [3.05, 3.63) is 59.1 Å². The second kappa shape index (κ2) is 5.13. The molecule has 1 atom stereocenters. The highest BCUT2D eigenvalue weighted by Crippen LogP contribution is 2.30. The molecular formula is C15H15F2NO. The van der Waals surface area contributed by atoms with E-state index in [9.17, 15) is 8.78 Å². The Kier molecular flexibility index (Phi) is 3.34. The molecule has 100 valence electrons. The van der Waals surface area contributed by atoms with Crippen molar-refractivity contribution >= 4 is 0 Å². The van der Waals surface area contributed by atoms with Crippen LogP contribution in [0.5, 0.6) is 0 Å². The van der Waals surface area contributed by atoms with Gasteiger partial charge in [-0.05, 0) is 31.0 Å². The molecule has 0 saturated heterocycles. The van der Waals surface area contributed by atoms with Crippen molar-refractivity contribution in [2.24, 2.45) is 0 Å². The van der Waals surface area contributed by atoms with Gasteiger partial charge in [-0.3, -0.25) is 0 Å². The SMILES string of the molecule is Fc1cccc(F)c1CNC1CCCc2occc21. The molecule has 2 nitrogen and oxygen atoms in total. The number of hydrogen-bond donors (Lipinski definition) is 1. The van der Waals surface area contributed by atoms with Gasteiger partial charge >= 0.3 is 0 Å². The molecule has 1 unspecified atom stereocenters. The van der Waals surface area contributed by atoms with Gasteiger partial charge in [0.25, 0.3) is 0 Å². The van der Waals surface area contributed by atoms with E-state index >= 15 is 0 Å². The minimum Gasteiger partial charge on any atom is -0.469 e. The fourth-order valence-corrected chi connectivity index (χ4v) is 2.62. The van der Waals surface area contributed by atoms with Crippen LogP contribution < -0.4 is 5.32 Å². The Hall–Kier alpha value is -1.68. The lowest BCUT2D eigenvalue weighted by Crippen LogP contribution is -2.24. The Labute approximate surface area is 110 Å². The van der Waals surface area contributed by atoms with Gasteiger partial charge in [-0.2, -0.15) is 0 Å². The van der Waals surface area contributed by atoms with Crippen LogP contribution in [0.3, 0.4) is 0 Å². The van der Waals surface area contributed by atoms with Crippen molar-refractivity contribution < 1.29 is 13.2 Å². The zero-order valence-electron chi connectivity index (χ0n) is 10.5. The highest BCUT2D eigenvalue weighted by atomic mass is 19.1. The molecule has 0 radical (unpaired) electrons. The van der Waals surface area contributed by atoms with Crippen LogP contribution in [-0.4, -0.2) is 0 Å². The van der Waals surface area contributed by atoms with Crippen LogP contribution in [0.2, 0.25) is 0 Å². The molecule has 0 bridgehead atoms. The number of rotatable bonds is 3. The zero-order chi connectivity index (χ0) is 13.2. The van der Waals surface area contributed by atoms with E-state index < -0.39 is 11.6 Å². The van der Waals surface area contributed by atoms with E-state index in [4.69, 9.17) is 4.42 Å². The topological polar surface area (TPSA) is 25.2 Å². The number of halogens is 2. The first-order valence-electron chi connectivity index (χ1n) is 6.48. The van der Waals surface area contributed by atoms with Gasteiger partial charge in [0.2, 0.25) is 0 Å². The predicted molar refractivity (Wildman–Crippen MR) is 67.6 cm³/mol. The van der Waals surface area contributed by atoms with Gasteiger partial charge in [0, 0.05) is 30.1 Å². The van der Waals surface area contributed by atoms with Gasteiger partial charge in [-0.25, -0.2) is 8.78 Å². The van der Waals surface area contributed by atoms with Crippen molar-refractivity contribution in [3.8, 4) is 0 Å². The molecule has 0 saturated carbocycles. The van der Waals surface area contributed by atoms with Crippen LogP contribution in [0, 0.1) is 11.6 Å². The third kappa shape index (κ3) is 2.40. The molecule has 1 heterocycles.